The molecule has 0 radical (unpaired) electrons. The number of nitrogens with one attached hydrogen (secondary N) is 2. The summed E-state index contributed by atoms with van der Waals surface area (Å²) in [5.74, 6) is 1.00. The van der Waals surface area contributed by atoms with Crippen LogP contribution < -0.4 is 15.4 Å². The van der Waals surface area contributed by atoms with Crippen molar-refractivity contribution in [3.63, 3.8) is 0 Å². The van der Waals surface area contributed by atoms with E-state index in [1.807, 2.05) is 38.1 Å². The fourth-order valence-corrected chi connectivity index (χ4v) is 3.17. The van der Waals surface area contributed by atoms with Crippen LogP contribution in [-0.4, -0.2) is 28.5 Å². The van der Waals surface area contributed by atoms with Crippen LogP contribution in [0.4, 0.5) is 11.5 Å². The van der Waals surface area contributed by atoms with Crippen molar-refractivity contribution in [1.82, 2.24) is 9.97 Å². The summed E-state index contributed by atoms with van der Waals surface area (Å²) in [7, 11) is 0. The third kappa shape index (κ3) is 5.81. The Kier molecular flexibility index (Phi) is 7.00. The van der Waals surface area contributed by atoms with Crippen molar-refractivity contribution < 1.29 is 9.53 Å². The lowest BCUT2D eigenvalue weighted by Gasteiger charge is -2.15. The number of rotatable bonds is 8. The maximum absolute atomic E-state index is 12.6. The highest BCUT2D eigenvalue weighted by Gasteiger charge is 2.13. The normalized spacial score (nSPS) is 13.8. The molecule has 0 spiro atoms. The Labute approximate surface area is 166 Å². The van der Waals surface area contributed by atoms with Crippen molar-refractivity contribution in [3.8, 4) is 5.75 Å². The highest BCUT2D eigenvalue weighted by atomic mass is 16.5. The summed E-state index contributed by atoms with van der Waals surface area (Å²) in [5.41, 5.74) is 2.44. The maximum atomic E-state index is 12.6. The van der Waals surface area contributed by atoms with Gasteiger partial charge in [0.1, 0.15) is 23.6 Å². The van der Waals surface area contributed by atoms with Crippen molar-refractivity contribution >= 4 is 17.4 Å². The Hall–Kier alpha value is -2.89. The predicted octanol–water partition coefficient (Wildman–Crippen LogP) is 4.82. The van der Waals surface area contributed by atoms with E-state index in [9.17, 15) is 4.79 Å². The molecule has 0 atom stereocenters. The first-order valence-electron chi connectivity index (χ1n) is 9.92. The lowest BCUT2D eigenvalue weighted by molar-refractivity contribution is 0.102. The van der Waals surface area contributed by atoms with Crippen LogP contribution >= 0.6 is 0 Å². The number of hydrogen-bond acceptors (Lipinski definition) is 5. The minimum Gasteiger partial charge on any atom is -0.489 e. The molecular weight excluding hydrogens is 352 g/mol. The number of carbonyl (C=O) groups excluding carboxylic acids is 1. The third-order valence-corrected chi connectivity index (χ3v) is 4.53. The number of benzene rings is 1. The molecule has 0 saturated carbocycles. The van der Waals surface area contributed by atoms with E-state index in [4.69, 9.17) is 4.74 Å². The van der Waals surface area contributed by atoms with Gasteiger partial charge in [-0.25, -0.2) is 9.97 Å². The van der Waals surface area contributed by atoms with Crippen LogP contribution in [0.3, 0.4) is 0 Å². The molecule has 1 aliphatic rings. The van der Waals surface area contributed by atoms with E-state index < -0.39 is 0 Å². The van der Waals surface area contributed by atoms with Gasteiger partial charge in [0.25, 0.3) is 5.91 Å². The number of anilines is 2. The Bertz CT molecular complexity index is 833. The van der Waals surface area contributed by atoms with Crippen molar-refractivity contribution in [2.75, 3.05) is 17.2 Å². The van der Waals surface area contributed by atoms with Crippen molar-refractivity contribution in [1.29, 1.82) is 0 Å². The van der Waals surface area contributed by atoms with Crippen LogP contribution in [0.25, 0.3) is 0 Å². The Balaban J connectivity index is 1.60. The smallest absolute Gasteiger partial charge is 0.274 e. The van der Waals surface area contributed by atoms with E-state index in [0.717, 1.165) is 13.0 Å². The van der Waals surface area contributed by atoms with E-state index in [-0.39, 0.29) is 12.0 Å². The van der Waals surface area contributed by atoms with Gasteiger partial charge in [0, 0.05) is 12.6 Å². The van der Waals surface area contributed by atoms with Gasteiger partial charge in [0.2, 0.25) is 0 Å². The first-order valence-corrected chi connectivity index (χ1v) is 9.92. The molecule has 0 saturated heterocycles. The Morgan fingerprint density at radius 3 is 2.86 bits per heavy atom. The first-order chi connectivity index (χ1) is 13.6. The second kappa shape index (κ2) is 9.88. The third-order valence-electron chi connectivity index (χ3n) is 4.53. The molecule has 6 nitrogen and oxygen atoms in total. The van der Waals surface area contributed by atoms with Gasteiger partial charge in [0.05, 0.1) is 11.8 Å². The van der Waals surface area contributed by atoms with E-state index in [0.29, 0.717) is 22.9 Å². The average molecular weight is 380 g/mol. The van der Waals surface area contributed by atoms with Crippen molar-refractivity contribution in [2.45, 2.75) is 52.1 Å². The second-order valence-corrected chi connectivity index (χ2v) is 7.19. The molecule has 28 heavy (non-hydrogen) atoms. The summed E-state index contributed by atoms with van der Waals surface area (Å²) in [4.78, 5) is 21.0. The van der Waals surface area contributed by atoms with Gasteiger partial charge in [-0.15, -0.1) is 0 Å². The van der Waals surface area contributed by atoms with E-state index in [2.05, 4.69) is 26.7 Å². The predicted molar refractivity (Wildman–Crippen MR) is 112 cm³/mol. The molecular formula is C22H28N4O2. The van der Waals surface area contributed by atoms with E-state index in [1.54, 1.807) is 6.07 Å². The minimum atomic E-state index is -0.291. The molecule has 1 heterocycles. The summed E-state index contributed by atoms with van der Waals surface area (Å²) in [6.07, 6.45) is 9.75. The summed E-state index contributed by atoms with van der Waals surface area (Å²) >= 11 is 0. The molecule has 1 aliphatic carbocycles. The molecule has 0 unspecified atom stereocenters. The van der Waals surface area contributed by atoms with Crippen LogP contribution in [-0.2, 0) is 0 Å². The fourth-order valence-electron chi connectivity index (χ4n) is 3.17. The highest BCUT2D eigenvalue weighted by molar-refractivity contribution is 6.04. The van der Waals surface area contributed by atoms with Gasteiger partial charge in [-0.3, -0.25) is 4.79 Å². The number of amides is 1. The van der Waals surface area contributed by atoms with Gasteiger partial charge >= 0.3 is 0 Å². The molecule has 0 bridgehead atoms. The monoisotopic (exact) mass is 380 g/mol. The Morgan fingerprint density at radius 2 is 2.07 bits per heavy atom. The number of carbonyl (C=O) groups is 1. The topological polar surface area (TPSA) is 76.1 Å². The van der Waals surface area contributed by atoms with Crippen LogP contribution in [0.1, 0.15) is 56.4 Å². The standard InChI is InChI=1S/C22H28N4O2/c1-16(2)28-20-11-7-6-10-18(20)26-22(27)19-14-21(25-15-24-19)23-13-12-17-8-4-3-5-9-17/h6-8,10-11,14-16H,3-5,9,12-13H2,1-2H3,(H,26,27)(H,23,24,25). The molecule has 0 aliphatic heterocycles. The number of hydrogen-bond donors (Lipinski definition) is 2. The van der Waals surface area contributed by atoms with Crippen molar-refractivity contribution in [3.05, 3.63) is 54.0 Å². The molecule has 2 N–H and O–H groups in total. The minimum absolute atomic E-state index is 0.0205. The molecule has 148 valence electrons. The number of nitrogens with zero attached hydrogens (tertiary/aromatic N) is 2. The van der Waals surface area contributed by atoms with Gasteiger partial charge < -0.3 is 15.4 Å². The highest BCUT2D eigenvalue weighted by Crippen LogP contribution is 2.25. The summed E-state index contributed by atoms with van der Waals surface area (Å²) in [5, 5.41) is 6.17. The lowest BCUT2D eigenvalue weighted by atomic mass is 9.97. The summed E-state index contributed by atoms with van der Waals surface area (Å²) in [6.45, 7) is 4.70. The molecule has 1 aromatic carbocycles. The van der Waals surface area contributed by atoms with Crippen LogP contribution in [0.2, 0.25) is 0 Å². The summed E-state index contributed by atoms with van der Waals surface area (Å²) < 4.78 is 5.75. The lowest BCUT2D eigenvalue weighted by Crippen LogP contribution is -2.16. The number of para-hydroxylation sites is 2. The molecule has 1 aromatic heterocycles. The van der Waals surface area contributed by atoms with Gasteiger partial charge in [0.15, 0.2) is 0 Å². The van der Waals surface area contributed by atoms with E-state index >= 15 is 0 Å². The average Bonchev–Trinajstić information content (AvgIpc) is 2.70. The molecule has 0 fully saturated rings. The number of allylic oxidation sites excluding steroid dienone is 1. The number of ether oxygens (including phenoxy) is 1. The maximum Gasteiger partial charge on any atom is 0.274 e. The Morgan fingerprint density at radius 1 is 1.21 bits per heavy atom. The largest absolute Gasteiger partial charge is 0.489 e. The van der Waals surface area contributed by atoms with E-state index in [1.165, 1.54) is 37.6 Å². The van der Waals surface area contributed by atoms with Crippen LogP contribution in [0.5, 0.6) is 5.75 Å². The first kappa shape index (κ1) is 19.9. The zero-order valence-electron chi connectivity index (χ0n) is 16.6. The SMILES string of the molecule is CC(C)Oc1ccccc1NC(=O)c1cc(NCCC2=CCCCC2)ncn1. The summed E-state index contributed by atoms with van der Waals surface area (Å²) in [6, 6.07) is 9.06. The molecule has 2 aromatic rings. The zero-order valence-corrected chi connectivity index (χ0v) is 16.6. The quantitative estimate of drug-likeness (QED) is 0.642. The molecule has 1 amide bonds. The zero-order chi connectivity index (χ0) is 19.8. The number of aromatic nitrogens is 2. The van der Waals surface area contributed by atoms with Crippen molar-refractivity contribution in [2.24, 2.45) is 0 Å². The van der Waals surface area contributed by atoms with Gasteiger partial charge in [-0.2, -0.15) is 0 Å². The van der Waals surface area contributed by atoms with Crippen LogP contribution in [0.15, 0.2) is 48.3 Å². The second-order valence-electron chi connectivity index (χ2n) is 7.19. The van der Waals surface area contributed by atoms with Gasteiger partial charge in [-0.1, -0.05) is 23.8 Å². The fraction of sp³-hybridized carbons (Fsp3) is 0.409. The molecule has 3 rings (SSSR count). The van der Waals surface area contributed by atoms with Gasteiger partial charge in [-0.05, 0) is 58.1 Å². The van der Waals surface area contributed by atoms with Crippen LogP contribution in [0, 0.1) is 0 Å². The molecule has 6 heteroatoms.